The van der Waals surface area contributed by atoms with Gasteiger partial charge in [-0.3, -0.25) is 4.79 Å². The lowest BCUT2D eigenvalue weighted by Gasteiger charge is -2.12. The van der Waals surface area contributed by atoms with Gasteiger partial charge in [0.25, 0.3) is 10.2 Å². The molecule has 0 aliphatic rings. The Balaban J connectivity index is 2.50. The van der Waals surface area contributed by atoms with Crippen LogP contribution in [0, 0.1) is 20.2 Å². The maximum Gasteiger partial charge on any atom is 0.294 e. The number of nitrogens with two attached hydrogens (primary N) is 1. The summed E-state index contributed by atoms with van der Waals surface area (Å²) < 4.78 is 0. The van der Waals surface area contributed by atoms with E-state index < -0.39 is 28.8 Å². The lowest BCUT2D eigenvalue weighted by atomic mass is 10.2. The minimum absolute atomic E-state index is 0.0697. The van der Waals surface area contributed by atoms with E-state index in [1.807, 2.05) is 0 Å². The molecule has 0 radical (unpaired) electrons. The third kappa shape index (κ3) is 6.99. The van der Waals surface area contributed by atoms with Crippen LogP contribution in [0.3, 0.4) is 0 Å². The number of hydrogen-bond acceptors (Lipinski definition) is 9. The van der Waals surface area contributed by atoms with Gasteiger partial charge >= 0.3 is 0 Å². The van der Waals surface area contributed by atoms with Gasteiger partial charge in [0.15, 0.2) is 0 Å². The minimum atomic E-state index is -1.09. The summed E-state index contributed by atoms with van der Waals surface area (Å²) in [5.74, 6) is -0.498. The van der Waals surface area contributed by atoms with Crippen molar-refractivity contribution < 1.29 is 24.6 Å². The number of benzene rings is 1. The van der Waals surface area contributed by atoms with Crippen LogP contribution in [0.4, 0.5) is 0 Å². The second-order valence-electron chi connectivity index (χ2n) is 3.73. The van der Waals surface area contributed by atoms with Crippen molar-refractivity contribution in [3.05, 3.63) is 50.1 Å². The number of nitrogens with zero attached hydrogens (tertiary/aromatic N) is 2. The summed E-state index contributed by atoms with van der Waals surface area (Å²) in [5, 5.41) is 18.3. The first-order valence-electron chi connectivity index (χ1n) is 5.66. The van der Waals surface area contributed by atoms with E-state index in [-0.39, 0.29) is 5.75 Å². The lowest BCUT2D eigenvalue weighted by Crippen LogP contribution is -2.26. The highest BCUT2D eigenvalue weighted by Gasteiger charge is 2.16. The smallest absolute Gasteiger partial charge is 0.294 e. The Bertz CT molecular complexity index is 557. The monoisotopic (exact) mass is 349 g/mol. The molecule has 0 aliphatic heterocycles. The second kappa shape index (κ2) is 8.94. The molecule has 0 bridgehead atoms. The summed E-state index contributed by atoms with van der Waals surface area (Å²) in [6.07, 6.45) is -1.09. The largest absolute Gasteiger partial charge is 0.366 e. The van der Waals surface area contributed by atoms with Crippen LogP contribution in [0.1, 0.15) is 10.4 Å². The van der Waals surface area contributed by atoms with Crippen LogP contribution in [-0.4, -0.2) is 34.5 Å². The minimum Gasteiger partial charge on any atom is -0.366 e. The van der Waals surface area contributed by atoms with E-state index in [1.54, 1.807) is 24.3 Å². The van der Waals surface area contributed by atoms with Crippen LogP contribution in [-0.2, 0) is 9.68 Å². The normalized spacial score (nSPS) is 11.5. The van der Waals surface area contributed by atoms with Crippen LogP contribution < -0.4 is 5.73 Å². The molecule has 0 saturated heterocycles. The average Bonchev–Trinajstić information content (AvgIpc) is 2.44. The Hall–Kier alpha value is -2.21. The van der Waals surface area contributed by atoms with Crippen molar-refractivity contribution in [2.75, 3.05) is 12.4 Å². The van der Waals surface area contributed by atoms with Gasteiger partial charge in [-0.05, 0) is 18.2 Å². The molecule has 22 heavy (non-hydrogen) atoms. The third-order valence-corrected chi connectivity index (χ3v) is 4.54. The zero-order valence-electron chi connectivity index (χ0n) is 10.9. The highest BCUT2D eigenvalue weighted by molar-refractivity contribution is 8.76. The van der Waals surface area contributed by atoms with E-state index in [0.29, 0.717) is 10.5 Å². The fourth-order valence-electron chi connectivity index (χ4n) is 1.25. The first-order chi connectivity index (χ1) is 10.4. The first-order valence-corrected chi connectivity index (χ1v) is 7.98. The Morgan fingerprint density at radius 1 is 1.32 bits per heavy atom. The Morgan fingerprint density at radius 2 is 2.05 bits per heavy atom. The van der Waals surface area contributed by atoms with Gasteiger partial charge in [0.05, 0.1) is 0 Å². The van der Waals surface area contributed by atoms with Crippen LogP contribution in [0.5, 0.6) is 0 Å². The molecule has 0 spiro atoms. The van der Waals surface area contributed by atoms with Crippen molar-refractivity contribution in [1.29, 1.82) is 0 Å². The predicted octanol–water partition coefficient (Wildman–Crippen LogP) is 1.31. The molecule has 1 rings (SSSR count). The highest BCUT2D eigenvalue weighted by Crippen LogP contribution is 2.32. The van der Waals surface area contributed by atoms with Crippen LogP contribution in [0.25, 0.3) is 0 Å². The molecule has 1 aromatic rings. The van der Waals surface area contributed by atoms with Gasteiger partial charge in [-0.2, -0.15) is 0 Å². The van der Waals surface area contributed by atoms with Crippen molar-refractivity contribution in [3.63, 3.8) is 0 Å². The van der Waals surface area contributed by atoms with E-state index in [1.165, 1.54) is 10.8 Å². The van der Waals surface area contributed by atoms with Gasteiger partial charge in [-0.25, -0.2) is 0 Å². The van der Waals surface area contributed by atoms with Gasteiger partial charge in [-0.1, -0.05) is 27.7 Å². The van der Waals surface area contributed by atoms with E-state index in [4.69, 9.17) is 5.73 Å². The van der Waals surface area contributed by atoms with Gasteiger partial charge < -0.3 is 15.4 Å². The molecule has 1 aromatic carbocycles. The molecule has 0 fully saturated rings. The van der Waals surface area contributed by atoms with Crippen molar-refractivity contribution in [1.82, 2.24) is 0 Å². The Labute approximate surface area is 131 Å². The number of hydrogen-bond donors (Lipinski definition) is 1. The average molecular weight is 349 g/mol. The van der Waals surface area contributed by atoms with E-state index in [9.17, 15) is 25.0 Å². The molecule has 1 unspecified atom stereocenters. The van der Waals surface area contributed by atoms with Gasteiger partial charge in [0.2, 0.25) is 5.91 Å². The lowest BCUT2D eigenvalue weighted by molar-refractivity contribution is -0.788. The van der Waals surface area contributed by atoms with Gasteiger partial charge in [-0.15, -0.1) is 20.2 Å². The summed E-state index contributed by atoms with van der Waals surface area (Å²) in [6.45, 7) is -0.553. The summed E-state index contributed by atoms with van der Waals surface area (Å²) in [4.78, 5) is 40.5. The van der Waals surface area contributed by atoms with E-state index >= 15 is 0 Å². The first kappa shape index (κ1) is 17.8. The molecule has 0 aliphatic carbocycles. The van der Waals surface area contributed by atoms with Gasteiger partial charge in [0.1, 0.15) is 12.7 Å². The molecule has 1 atom stereocenters. The molecular formula is C10H11N3O7S2. The molecule has 10 nitrogen and oxygen atoms in total. The summed E-state index contributed by atoms with van der Waals surface area (Å²) >= 11 is 0. The summed E-state index contributed by atoms with van der Waals surface area (Å²) in [5.41, 5.74) is 5.49. The zero-order chi connectivity index (χ0) is 16.5. The SMILES string of the molecule is NC(=O)c1cccc(SSCC(CO[N+](=O)[O-])O[N+](=O)[O-])c1. The third-order valence-electron chi connectivity index (χ3n) is 2.13. The molecule has 0 aromatic heterocycles. The molecule has 120 valence electrons. The quantitative estimate of drug-likeness (QED) is 0.375. The Kier molecular flexibility index (Phi) is 7.25. The van der Waals surface area contributed by atoms with Crippen LogP contribution >= 0.6 is 21.6 Å². The number of primary amides is 1. The van der Waals surface area contributed by atoms with Crippen molar-refractivity contribution >= 4 is 27.5 Å². The van der Waals surface area contributed by atoms with Gasteiger partial charge in [0, 0.05) is 16.2 Å². The Morgan fingerprint density at radius 3 is 2.64 bits per heavy atom. The fraction of sp³-hybridized carbons (Fsp3) is 0.300. The molecule has 2 N–H and O–H groups in total. The second-order valence-corrected chi connectivity index (χ2v) is 6.14. The molecular weight excluding hydrogens is 338 g/mol. The number of rotatable bonds is 10. The molecule has 1 amide bonds. The topological polar surface area (TPSA) is 148 Å². The highest BCUT2D eigenvalue weighted by atomic mass is 33.1. The molecule has 0 saturated carbocycles. The van der Waals surface area contributed by atoms with Crippen molar-refractivity contribution in [2.24, 2.45) is 5.73 Å². The van der Waals surface area contributed by atoms with Crippen LogP contribution in [0.2, 0.25) is 0 Å². The number of amides is 1. The van der Waals surface area contributed by atoms with E-state index in [0.717, 1.165) is 10.8 Å². The maximum absolute atomic E-state index is 11.0. The standard InChI is InChI=1S/C10H11N3O7S2/c11-10(14)7-2-1-3-9(4-7)22-21-6-8(20-13(17)18)5-19-12(15)16/h1-4,8H,5-6H2,(H2,11,14). The van der Waals surface area contributed by atoms with Crippen molar-refractivity contribution in [2.45, 2.75) is 11.0 Å². The number of carbonyl (C=O) groups is 1. The van der Waals surface area contributed by atoms with E-state index in [2.05, 4.69) is 9.68 Å². The fourth-order valence-corrected chi connectivity index (χ4v) is 3.45. The zero-order valence-corrected chi connectivity index (χ0v) is 12.6. The maximum atomic E-state index is 11.0. The predicted molar refractivity (Wildman–Crippen MR) is 78.1 cm³/mol. The molecule has 12 heteroatoms. The number of carbonyl (C=O) groups excluding carboxylic acids is 1. The summed E-state index contributed by atoms with van der Waals surface area (Å²) in [6, 6.07) is 6.49. The van der Waals surface area contributed by atoms with Crippen molar-refractivity contribution in [3.8, 4) is 0 Å². The summed E-state index contributed by atoms with van der Waals surface area (Å²) in [7, 11) is 2.38. The van der Waals surface area contributed by atoms with Crippen LogP contribution in [0.15, 0.2) is 29.2 Å². The molecule has 0 heterocycles.